The van der Waals surface area contributed by atoms with Crippen molar-refractivity contribution in [1.29, 1.82) is 0 Å². The van der Waals surface area contributed by atoms with Gasteiger partial charge in [-0.15, -0.1) is 0 Å². The van der Waals surface area contributed by atoms with E-state index in [4.69, 9.17) is 0 Å². The van der Waals surface area contributed by atoms with E-state index in [1.54, 1.807) is 13.0 Å². The summed E-state index contributed by atoms with van der Waals surface area (Å²) in [5.74, 6) is 0.338. The summed E-state index contributed by atoms with van der Waals surface area (Å²) >= 11 is 0. The molecule has 0 bridgehead atoms. The maximum Gasteiger partial charge on any atom is 0.159 e. The number of rotatable bonds is 7. The van der Waals surface area contributed by atoms with Crippen LogP contribution >= 0.6 is 0 Å². The van der Waals surface area contributed by atoms with Crippen LogP contribution in [0, 0.1) is 11.7 Å². The average Bonchev–Trinajstić information content (AvgIpc) is 2.79. The van der Waals surface area contributed by atoms with Gasteiger partial charge in [-0.1, -0.05) is 97.4 Å². The average molecular weight is 443 g/mol. The molecule has 0 atom stereocenters. The molecule has 0 aliphatic carbocycles. The highest BCUT2D eigenvalue weighted by Crippen LogP contribution is 2.22. The first-order valence-corrected chi connectivity index (χ1v) is 11.8. The van der Waals surface area contributed by atoms with E-state index in [1.807, 2.05) is 39.8 Å². The Labute approximate surface area is 196 Å². The van der Waals surface area contributed by atoms with Gasteiger partial charge in [0, 0.05) is 11.1 Å². The smallest absolute Gasteiger partial charge is 0.159 e. The molecule has 0 fully saturated rings. The van der Waals surface area contributed by atoms with Gasteiger partial charge >= 0.3 is 0 Å². The molecule has 0 saturated carbocycles. The van der Waals surface area contributed by atoms with E-state index in [0.717, 1.165) is 24.8 Å². The highest BCUT2D eigenvalue weighted by Gasteiger charge is 2.04. The van der Waals surface area contributed by atoms with Crippen LogP contribution in [0.4, 0.5) is 4.39 Å². The third kappa shape index (κ3) is 13.7. The third-order valence-electron chi connectivity index (χ3n) is 4.25. The van der Waals surface area contributed by atoms with Crippen molar-refractivity contribution in [2.24, 2.45) is 5.92 Å². The Morgan fingerprint density at radius 2 is 1.34 bits per heavy atom. The molecular formula is C29H43FO2. The fourth-order valence-electron chi connectivity index (χ4n) is 2.64. The van der Waals surface area contributed by atoms with E-state index in [1.165, 1.54) is 36.3 Å². The van der Waals surface area contributed by atoms with Crippen LogP contribution < -0.4 is 0 Å². The summed E-state index contributed by atoms with van der Waals surface area (Å²) in [6.07, 6.45) is 5.71. The Morgan fingerprint density at radius 3 is 1.72 bits per heavy atom. The summed E-state index contributed by atoms with van der Waals surface area (Å²) in [5, 5.41) is 0. The molecule has 0 aliphatic heterocycles. The molecule has 2 rings (SSSR count). The molecule has 2 aromatic rings. The summed E-state index contributed by atoms with van der Waals surface area (Å²) in [5.41, 5.74) is 3.86. The van der Waals surface area contributed by atoms with E-state index in [9.17, 15) is 14.0 Å². The molecule has 0 radical (unpaired) electrons. The molecule has 0 aliphatic rings. The van der Waals surface area contributed by atoms with Gasteiger partial charge in [-0.05, 0) is 55.9 Å². The van der Waals surface area contributed by atoms with Gasteiger partial charge in [-0.2, -0.15) is 0 Å². The molecule has 178 valence electrons. The zero-order valence-corrected chi connectivity index (χ0v) is 21.6. The molecule has 0 spiro atoms. The van der Waals surface area contributed by atoms with E-state index >= 15 is 0 Å². The minimum Gasteiger partial charge on any atom is -0.295 e. The lowest BCUT2D eigenvalue weighted by atomic mass is 9.97. The number of benzene rings is 2. The Bertz CT molecular complexity index is 802. The highest BCUT2D eigenvalue weighted by molar-refractivity contribution is 5.94. The summed E-state index contributed by atoms with van der Waals surface area (Å²) in [6.45, 7) is 17.7. The normalized spacial score (nSPS) is 10.0. The van der Waals surface area contributed by atoms with Gasteiger partial charge in [0.2, 0.25) is 0 Å². The number of Topliss-reactive ketones (excluding diaryl/α,β-unsaturated/α-hetero) is 2. The highest BCUT2D eigenvalue weighted by atomic mass is 19.1. The molecule has 0 heterocycles. The predicted molar refractivity (Wildman–Crippen MR) is 138 cm³/mol. The number of halogens is 1. The second kappa shape index (κ2) is 19.2. The molecule has 0 amide bonds. The molecular weight excluding hydrogens is 399 g/mol. The summed E-state index contributed by atoms with van der Waals surface area (Å²) in [4.78, 5) is 21.9. The van der Waals surface area contributed by atoms with Gasteiger partial charge in [0.25, 0.3) is 0 Å². The Balaban J connectivity index is 0. The SMILES string of the molecule is CC.CC.CC(=O)c1cccc(F)c1.CCC/C(=C/CC(C)C)c1ccc(C(C)=O)cc1. The van der Waals surface area contributed by atoms with E-state index in [0.29, 0.717) is 11.5 Å². The van der Waals surface area contributed by atoms with Crippen LogP contribution in [0.15, 0.2) is 54.6 Å². The minimum atomic E-state index is -0.368. The van der Waals surface area contributed by atoms with Crippen LogP contribution in [-0.2, 0) is 0 Å². The first-order valence-electron chi connectivity index (χ1n) is 11.8. The van der Waals surface area contributed by atoms with Crippen LogP contribution in [0.5, 0.6) is 0 Å². The van der Waals surface area contributed by atoms with E-state index in [-0.39, 0.29) is 17.4 Å². The van der Waals surface area contributed by atoms with Crippen LogP contribution in [0.25, 0.3) is 5.57 Å². The lowest BCUT2D eigenvalue weighted by Gasteiger charge is -2.09. The fraction of sp³-hybridized carbons (Fsp3) is 0.448. The maximum atomic E-state index is 12.4. The molecule has 2 nitrogen and oxygen atoms in total. The first-order chi connectivity index (χ1) is 15.2. The molecule has 0 unspecified atom stereocenters. The second-order valence-electron chi connectivity index (χ2n) is 7.31. The predicted octanol–water partition coefficient (Wildman–Crippen LogP) is 9.20. The minimum absolute atomic E-state index is 0.112. The van der Waals surface area contributed by atoms with Gasteiger partial charge in [0.15, 0.2) is 11.6 Å². The number of allylic oxidation sites excluding steroid dienone is 2. The Kier molecular flexibility index (Phi) is 18.9. The molecule has 0 saturated heterocycles. The Hall–Kier alpha value is -2.55. The Morgan fingerprint density at radius 1 is 0.844 bits per heavy atom. The lowest BCUT2D eigenvalue weighted by Crippen LogP contribution is -1.93. The first kappa shape index (κ1) is 31.6. The van der Waals surface area contributed by atoms with Gasteiger partial charge in [-0.25, -0.2) is 4.39 Å². The van der Waals surface area contributed by atoms with Crippen LogP contribution in [-0.4, -0.2) is 11.6 Å². The van der Waals surface area contributed by atoms with Gasteiger partial charge < -0.3 is 0 Å². The molecule has 3 heteroatoms. The number of carbonyl (C=O) groups excluding carboxylic acids is 2. The van der Waals surface area contributed by atoms with Crippen molar-refractivity contribution in [3.63, 3.8) is 0 Å². The van der Waals surface area contributed by atoms with Gasteiger partial charge in [0.05, 0.1) is 0 Å². The van der Waals surface area contributed by atoms with Gasteiger partial charge in [0.1, 0.15) is 5.82 Å². The van der Waals surface area contributed by atoms with E-state index in [2.05, 4.69) is 39.0 Å². The largest absolute Gasteiger partial charge is 0.295 e. The van der Waals surface area contributed by atoms with Crippen molar-refractivity contribution < 1.29 is 14.0 Å². The van der Waals surface area contributed by atoms with Crippen molar-refractivity contribution in [2.45, 2.75) is 81.6 Å². The number of carbonyl (C=O) groups is 2. The zero-order valence-electron chi connectivity index (χ0n) is 21.6. The van der Waals surface area contributed by atoms with Crippen LogP contribution in [0.2, 0.25) is 0 Å². The topological polar surface area (TPSA) is 34.1 Å². The van der Waals surface area contributed by atoms with Crippen molar-refractivity contribution >= 4 is 17.1 Å². The summed E-state index contributed by atoms with van der Waals surface area (Å²) < 4.78 is 12.4. The van der Waals surface area contributed by atoms with Crippen molar-refractivity contribution in [3.8, 4) is 0 Å². The second-order valence-corrected chi connectivity index (χ2v) is 7.31. The number of ketones is 2. The zero-order chi connectivity index (χ0) is 25.1. The molecule has 0 N–H and O–H groups in total. The fourth-order valence-corrected chi connectivity index (χ4v) is 2.64. The monoisotopic (exact) mass is 442 g/mol. The molecule has 2 aromatic carbocycles. The van der Waals surface area contributed by atoms with Crippen molar-refractivity contribution in [3.05, 3.63) is 77.1 Å². The number of hydrogen-bond acceptors (Lipinski definition) is 2. The quantitative estimate of drug-likeness (QED) is 0.400. The van der Waals surface area contributed by atoms with Crippen molar-refractivity contribution in [2.75, 3.05) is 0 Å². The van der Waals surface area contributed by atoms with Crippen LogP contribution in [0.3, 0.4) is 0 Å². The maximum absolute atomic E-state index is 12.4. The lowest BCUT2D eigenvalue weighted by molar-refractivity contribution is 0.100. The van der Waals surface area contributed by atoms with Crippen LogP contribution in [0.1, 0.15) is 108 Å². The third-order valence-corrected chi connectivity index (χ3v) is 4.25. The van der Waals surface area contributed by atoms with E-state index < -0.39 is 0 Å². The van der Waals surface area contributed by atoms with Crippen molar-refractivity contribution in [1.82, 2.24) is 0 Å². The molecule has 0 aromatic heterocycles. The number of hydrogen-bond donors (Lipinski definition) is 0. The van der Waals surface area contributed by atoms with Gasteiger partial charge in [-0.3, -0.25) is 9.59 Å². The molecule has 32 heavy (non-hydrogen) atoms. The standard InChI is InChI=1S/C17H24O.C8H7FO.2C2H6/c1-5-6-16(8-7-13(2)3)17-11-9-15(10-12-17)14(4)18;1-6(10)7-3-2-4-8(9)5-7;2*1-2/h8-13H,5-7H2,1-4H3;2-5H,1H3;2*1-2H3/b16-8-;;;. The summed E-state index contributed by atoms with van der Waals surface area (Å²) in [7, 11) is 0. The summed E-state index contributed by atoms with van der Waals surface area (Å²) in [6, 6.07) is 13.6.